The molecule has 0 amide bonds. The monoisotopic (exact) mass is 302 g/mol. The summed E-state index contributed by atoms with van der Waals surface area (Å²) in [7, 11) is 0. The number of nitrogens with zero attached hydrogens (tertiary/aromatic N) is 4. The number of halogens is 3. The van der Waals surface area contributed by atoms with Crippen LogP contribution in [-0.2, 0) is 6.18 Å². The van der Waals surface area contributed by atoms with E-state index >= 15 is 0 Å². The molecule has 0 saturated carbocycles. The Morgan fingerprint density at radius 3 is 2.52 bits per heavy atom. The molecule has 0 fully saturated rings. The Hall–Kier alpha value is -2.98. The highest BCUT2D eigenvalue weighted by atomic mass is 19.4. The normalized spacial score (nSPS) is 11.4. The fourth-order valence-corrected chi connectivity index (χ4v) is 1.56. The summed E-state index contributed by atoms with van der Waals surface area (Å²) in [5, 5.41) is 22.5. The summed E-state index contributed by atoms with van der Waals surface area (Å²) in [5.74, 6) is -2.52. The molecule has 0 saturated heterocycles. The molecule has 0 bridgehead atoms. The molecule has 0 atom stereocenters. The molecule has 1 aromatic heterocycles. The molecule has 1 N–H and O–H groups in total. The van der Waals surface area contributed by atoms with Crippen LogP contribution in [0.5, 0.6) is 0 Å². The number of carboxylic acid groups (broad SMARTS) is 1. The van der Waals surface area contributed by atoms with Gasteiger partial charge in [-0.1, -0.05) is 4.98 Å². The van der Waals surface area contributed by atoms with Crippen LogP contribution in [0.3, 0.4) is 0 Å². The molecule has 21 heavy (non-hydrogen) atoms. The molecule has 0 aliphatic heterocycles. The van der Waals surface area contributed by atoms with Crippen molar-refractivity contribution in [3.05, 3.63) is 45.8 Å². The first-order valence-corrected chi connectivity index (χ1v) is 5.21. The average Bonchev–Trinajstić information content (AvgIpc) is 2.86. The predicted octanol–water partition coefficient (Wildman–Crippen LogP) is 1.89. The van der Waals surface area contributed by atoms with E-state index in [4.69, 9.17) is 5.11 Å². The molecule has 110 valence electrons. The fraction of sp³-hybridized carbons (Fsp3) is 0.100. The highest BCUT2D eigenvalue weighted by molar-refractivity contribution is 5.90. The van der Waals surface area contributed by atoms with Gasteiger partial charge in [-0.25, -0.2) is 4.79 Å². The van der Waals surface area contributed by atoms with Crippen molar-refractivity contribution in [3.63, 3.8) is 0 Å². The van der Waals surface area contributed by atoms with Crippen molar-refractivity contribution in [2.24, 2.45) is 0 Å². The van der Waals surface area contributed by atoms with Crippen LogP contribution in [-0.4, -0.2) is 30.8 Å². The first kappa shape index (κ1) is 14.4. The molecule has 0 aliphatic carbocycles. The third kappa shape index (κ3) is 2.80. The minimum atomic E-state index is -4.89. The Labute approximate surface area is 113 Å². The largest absolute Gasteiger partial charge is 0.491 e. The van der Waals surface area contributed by atoms with Crippen LogP contribution in [0.25, 0.3) is 5.69 Å². The molecule has 2 aromatic rings. The van der Waals surface area contributed by atoms with Crippen LogP contribution >= 0.6 is 0 Å². The quantitative estimate of drug-likeness (QED) is 0.684. The van der Waals surface area contributed by atoms with E-state index in [0.717, 1.165) is 23.1 Å². The maximum atomic E-state index is 12.8. The van der Waals surface area contributed by atoms with E-state index in [0.29, 0.717) is 6.07 Å². The second-order valence-corrected chi connectivity index (χ2v) is 3.78. The van der Waals surface area contributed by atoms with Crippen molar-refractivity contribution in [1.29, 1.82) is 0 Å². The van der Waals surface area contributed by atoms with Gasteiger partial charge in [0.2, 0.25) is 6.33 Å². The Kier molecular flexibility index (Phi) is 3.33. The van der Waals surface area contributed by atoms with E-state index in [9.17, 15) is 28.1 Å². The molecule has 2 rings (SSSR count). The van der Waals surface area contributed by atoms with Gasteiger partial charge in [-0.15, -0.1) is 4.68 Å². The van der Waals surface area contributed by atoms with Crippen molar-refractivity contribution in [2.75, 3.05) is 0 Å². The summed E-state index contributed by atoms with van der Waals surface area (Å²) in [4.78, 5) is 23.6. The highest BCUT2D eigenvalue weighted by Crippen LogP contribution is 2.33. The van der Waals surface area contributed by atoms with Gasteiger partial charge in [0.15, 0.2) is 0 Å². The first-order chi connectivity index (χ1) is 9.70. The van der Waals surface area contributed by atoms with Gasteiger partial charge in [-0.3, -0.25) is 0 Å². The van der Waals surface area contributed by atoms with Gasteiger partial charge in [0.25, 0.3) is 0 Å². The topological polar surface area (TPSA) is 111 Å². The number of aromatic nitrogens is 3. The highest BCUT2D eigenvalue weighted by Gasteiger charge is 2.36. The smallest absolute Gasteiger partial charge is 0.478 e. The van der Waals surface area contributed by atoms with Crippen molar-refractivity contribution in [2.45, 2.75) is 6.18 Å². The standard InChI is InChI=1S/C10H5F3N4O4/c11-10(12,13)7-3-5(1-2-6(7)8(18)19)16-4-14-9(15-16)17(20)21/h1-4H,(H,18,19). The summed E-state index contributed by atoms with van der Waals surface area (Å²) in [5.41, 5.74) is -2.51. The zero-order valence-corrected chi connectivity index (χ0v) is 9.90. The third-order valence-corrected chi connectivity index (χ3v) is 2.45. The van der Waals surface area contributed by atoms with Gasteiger partial charge in [0.1, 0.15) is 0 Å². The third-order valence-electron chi connectivity index (χ3n) is 2.45. The van der Waals surface area contributed by atoms with E-state index in [1.807, 2.05) is 0 Å². The molecule has 0 radical (unpaired) electrons. The van der Waals surface area contributed by atoms with Crippen LogP contribution in [0.1, 0.15) is 15.9 Å². The zero-order chi connectivity index (χ0) is 15.8. The number of benzene rings is 1. The van der Waals surface area contributed by atoms with E-state index in [-0.39, 0.29) is 5.69 Å². The Morgan fingerprint density at radius 1 is 1.38 bits per heavy atom. The molecular formula is C10H5F3N4O4. The second-order valence-electron chi connectivity index (χ2n) is 3.78. The van der Waals surface area contributed by atoms with Crippen LogP contribution in [0, 0.1) is 10.1 Å². The van der Waals surface area contributed by atoms with Crippen LogP contribution in [0.2, 0.25) is 0 Å². The van der Waals surface area contributed by atoms with Gasteiger partial charge in [-0.05, 0) is 23.1 Å². The van der Waals surface area contributed by atoms with Crippen LogP contribution in [0.4, 0.5) is 19.1 Å². The molecule has 8 nitrogen and oxygen atoms in total. The van der Waals surface area contributed by atoms with E-state index in [1.54, 1.807) is 0 Å². The lowest BCUT2D eigenvalue weighted by Gasteiger charge is -2.11. The summed E-state index contributed by atoms with van der Waals surface area (Å²) >= 11 is 0. The summed E-state index contributed by atoms with van der Waals surface area (Å²) in [6.45, 7) is 0. The number of aromatic carboxylic acids is 1. The molecule has 1 aromatic carbocycles. The Morgan fingerprint density at radius 2 is 2.05 bits per heavy atom. The number of rotatable bonds is 3. The number of nitro groups is 1. The van der Waals surface area contributed by atoms with Crippen LogP contribution in [0.15, 0.2) is 24.5 Å². The molecule has 1 heterocycles. The van der Waals surface area contributed by atoms with E-state index < -0.39 is 34.1 Å². The molecule has 0 unspecified atom stereocenters. The maximum Gasteiger partial charge on any atom is 0.491 e. The van der Waals surface area contributed by atoms with Crippen molar-refractivity contribution in [3.8, 4) is 5.69 Å². The Bertz CT molecular complexity index is 725. The zero-order valence-electron chi connectivity index (χ0n) is 9.90. The molecular weight excluding hydrogens is 297 g/mol. The molecule has 0 spiro atoms. The van der Waals surface area contributed by atoms with Crippen LogP contribution < -0.4 is 0 Å². The van der Waals surface area contributed by atoms with Crippen molar-refractivity contribution in [1.82, 2.24) is 14.8 Å². The fourth-order valence-electron chi connectivity index (χ4n) is 1.56. The summed E-state index contributed by atoms with van der Waals surface area (Å²) in [6, 6.07) is 2.31. The van der Waals surface area contributed by atoms with E-state index in [2.05, 4.69) is 10.1 Å². The predicted molar refractivity (Wildman–Crippen MR) is 60.0 cm³/mol. The van der Waals surface area contributed by atoms with Gasteiger partial charge in [0, 0.05) is 5.10 Å². The number of alkyl halides is 3. The number of hydrogen-bond acceptors (Lipinski definition) is 5. The second kappa shape index (κ2) is 4.85. The Balaban J connectivity index is 2.56. The average molecular weight is 302 g/mol. The summed E-state index contributed by atoms with van der Waals surface area (Å²) < 4.78 is 39.2. The SMILES string of the molecule is O=C(O)c1ccc(-n2cnc([N+](=O)[O-])n2)cc1C(F)(F)F. The van der Waals surface area contributed by atoms with E-state index in [1.165, 1.54) is 0 Å². The summed E-state index contributed by atoms with van der Waals surface area (Å²) in [6.07, 6.45) is -4.04. The number of hydrogen-bond donors (Lipinski definition) is 1. The lowest BCUT2D eigenvalue weighted by molar-refractivity contribution is -0.394. The van der Waals surface area contributed by atoms with Gasteiger partial charge in [0.05, 0.1) is 16.8 Å². The number of carbonyl (C=O) groups is 1. The maximum absolute atomic E-state index is 12.8. The molecule has 11 heteroatoms. The number of carboxylic acids is 1. The van der Waals surface area contributed by atoms with Crippen molar-refractivity contribution < 1.29 is 28.0 Å². The first-order valence-electron chi connectivity index (χ1n) is 5.21. The van der Waals surface area contributed by atoms with Crippen molar-refractivity contribution >= 4 is 11.9 Å². The van der Waals surface area contributed by atoms with Gasteiger partial charge >= 0.3 is 18.1 Å². The minimum absolute atomic E-state index is 0.201. The van der Waals surface area contributed by atoms with Gasteiger partial charge in [-0.2, -0.15) is 13.2 Å². The lowest BCUT2D eigenvalue weighted by Crippen LogP contribution is -2.14. The lowest BCUT2D eigenvalue weighted by atomic mass is 10.1. The molecule has 0 aliphatic rings. The van der Waals surface area contributed by atoms with Gasteiger partial charge < -0.3 is 15.2 Å². The minimum Gasteiger partial charge on any atom is -0.478 e.